The first-order valence-corrected chi connectivity index (χ1v) is 9.44. The van der Waals surface area contributed by atoms with Gasteiger partial charge in [-0.2, -0.15) is 0 Å². The van der Waals surface area contributed by atoms with Crippen molar-refractivity contribution in [1.29, 1.82) is 0 Å². The fourth-order valence-electron chi connectivity index (χ4n) is 2.56. The summed E-state index contributed by atoms with van der Waals surface area (Å²) in [7, 11) is 3.10. The van der Waals surface area contributed by atoms with E-state index in [4.69, 9.17) is 9.47 Å². The number of hydrogen-bond acceptors (Lipinski definition) is 4. The maximum Gasteiger partial charge on any atom is 0.267 e. The molecule has 0 saturated carbocycles. The normalized spacial score (nSPS) is 11.2. The summed E-state index contributed by atoms with van der Waals surface area (Å²) >= 11 is 0. The molecule has 0 bridgehead atoms. The van der Waals surface area contributed by atoms with Gasteiger partial charge in [0.1, 0.15) is 5.70 Å². The van der Waals surface area contributed by atoms with Gasteiger partial charge in [0.25, 0.3) is 11.8 Å². The van der Waals surface area contributed by atoms with Crippen LogP contribution in [-0.4, -0.2) is 32.6 Å². The number of nitrogens with one attached hydrogen (secondary N) is 2. The number of methoxy groups -OCH3 is 2. The molecule has 2 N–H and O–H groups in total. The number of carbonyl (C=O) groups excluding carboxylic acids is 2. The highest BCUT2D eigenvalue weighted by Crippen LogP contribution is 2.28. The average Bonchev–Trinajstić information content (AvgIpc) is 2.71. The number of carbonyl (C=O) groups is 2. The first-order valence-electron chi connectivity index (χ1n) is 9.44. The monoisotopic (exact) mass is 396 g/mol. The standard InChI is InChI=1S/C23H28N2O4/c1-15(2)14-24-23(27)19(25-22(26)18-9-6-16(3)7-10-18)12-17-8-11-20(28-4)21(13-17)29-5/h6-13,15H,14H2,1-5H3,(H,24,27)(H,25,26)/b19-12-. The molecule has 0 aliphatic heterocycles. The van der Waals surface area contributed by atoms with Crippen molar-refractivity contribution >= 4 is 17.9 Å². The summed E-state index contributed by atoms with van der Waals surface area (Å²) in [6.07, 6.45) is 1.61. The first kappa shape index (κ1) is 22.0. The van der Waals surface area contributed by atoms with Crippen LogP contribution in [0, 0.1) is 12.8 Å². The molecule has 154 valence electrons. The molecule has 0 radical (unpaired) electrons. The van der Waals surface area contributed by atoms with Gasteiger partial charge in [0.15, 0.2) is 11.5 Å². The second-order valence-corrected chi connectivity index (χ2v) is 7.10. The lowest BCUT2D eigenvalue weighted by Gasteiger charge is -2.13. The molecule has 0 aromatic heterocycles. The smallest absolute Gasteiger partial charge is 0.267 e. The van der Waals surface area contributed by atoms with Crippen LogP contribution in [0.4, 0.5) is 0 Å². The van der Waals surface area contributed by atoms with Gasteiger partial charge in [-0.1, -0.05) is 37.6 Å². The van der Waals surface area contributed by atoms with E-state index >= 15 is 0 Å². The van der Waals surface area contributed by atoms with Gasteiger partial charge in [0, 0.05) is 12.1 Å². The maximum absolute atomic E-state index is 12.7. The Morgan fingerprint density at radius 2 is 1.66 bits per heavy atom. The van der Waals surface area contributed by atoms with Gasteiger partial charge in [-0.05, 0) is 48.7 Å². The summed E-state index contributed by atoms with van der Waals surface area (Å²) in [5.41, 5.74) is 2.38. The highest BCUT2D eigenvalue weighted by atomic mass is 16.5. The van der Waals surface area contributed by atoms with Crippen LogP contribution < -0.4 is 20.1 Å². The lowest BCUT2D eigenvalue weighted by atomic mass is 10.1. The molecule has 2 amide bonds. The second kappa shape index (κ2) is 10.3. The van der Waals surface area contributed by atoms with E-state index < -0.39 is 0 Å². The lowest BCUT2D eigenvalue weighted by Crippen LogP contribution is -2.36. The van der Waals surface area contributed by atoms with Crippen LogP contribution in [0.2, 0.25) is 0 Å². The maximum atomic E-state index is 12.7. The van der Waals surface area contributed by atoms with E-state index in [9.17, 15) is 9.59 Å². The number of amides is 2. The summed E-state index contributed by atoms with van der Waals surface area (Å²) in [5, 5.41) is 5.57. The number of ether oxygens (including phenoxy) is 2. The van der Waals surface area contributed by atoms with Crippen molar-refractivity contribution in [3.05, 3.63) is 64.9 Å². The van der Waals surface area contributed by atoms with E-state index in [1.807, 2.05) is 32.9 Å². The molecule has 29 heavy (non-hydrogen) atoms. The van der Waals surface area contributed by atoms with E-state index in [1.165, 1.54) is 0 Å². The number of aryl methyl sites for hydroxylation is 1. The van der Waals surface area contributed by atoms with Crippen LogP contribution in [0.25, 0.3) is 6.08 Å². The average molecular weight is 396 g/mol. The number of rotatable bonds is 8. The fraction of sp³-hybridized carbons (Fsp3) is 0.304. The Morgan fingerprint density at radius 1 is 1.00 bits per heavy atom. The summed E-state index contributed by atoms with van der Waals surface area (Å²) in [4.78, 5) is 25.3. The first-order chi connectivity index (χ1) is 13.8. The molecule has 0 saturated heterocycles. The summed E-state index contributed by atoms with van der Waals surface area (Å²) < 4.78 is 10.6. The van der Waals surface area contributed by atoms with Crippen molar-refractivity contribution in [1.82, 2.24) is 10.6 Å². The molecule has 0 aliphatic rings. The molecule has 0 atom stereocenters. The molecule has 6 heteroatoms. The third-order valence-corrected chi connectivity index (χ3v) is 4.20. The molecule has 0 aliphatic carbocycles. The Kier molecular flexibility index (Phi) is 7.83. The van der Waals surface area contributed by atoms with Gasteiger partial charge in [-0.3, -0.25) is 9.59 Å². The number of benzene rings is 2. The molecule has 2 rings (SSSR count). The van der Waals surface area contributed by atoms with Crippen molar-refractivity contribution in [2.24, 2.45) is 5.92 Å². The largest absolute Gasteiger partial charge is 0.493 e. The Bertz CT molecular complexity index is 886. The molecule has 6 nitrogen and oxygen atoms in total. The Hall–Kier alpha value is -3.28. The summed E-state index contributed by atoms with van der Waals surface area (Å²) in [5.74, 6) is 0.701. The highest BCUT2D eigenvalue weighted by Gasteiger charge is 2.15. The minimum atomic E-state index is -0.353. The molecule has 0 unspecified atom stereocenters. The van der Waals surface area contributed by atoms with Gasteiger partial charge in [-0.15, -0.1) is 0 Å². The molecule has 0 spiro atoms. The van der Waals surface area contributed by atoms with Crippen molar-refractivity contribution in [3.63, 3.8) is 0 Å². The Morgan fingerprint density at radius 3 is 2.24 bits per heavy atom. The zero-order valence-corrected chi connectivity index (χ0v) is 17.5. The molecular weight excluding hydrogens is 368 g/mol. The van der Waals surface area contributed by atoms with Crippen LogP contribution in [-0.2, 0) is 4.79 Å². The van der Waals surface area contributed by atoms with E-state index in [0.717, 1.165) is 5.56 Å². The second-order valence-electron chi connectivity index (χ2n) is 7.10. The van der Waals surface area contributed by atoms with Crippen LogP contribution in [0.1, 0.15) is 35.3 Å². The molecule has 2 aromatic rings. The van der Waals surface area contributed by atoms with Gasteiger partial charge >= 0.3 is 0 Å². The van der Waals surface area contributed by atoms with Crippen LogP contribution >= 0.6 is 0 Å². The predicted octanol–water partition coefficient (Wildman–Crippen LogP) is 3.56. The minimum absolute atomic E-state index is 0.156. The van der Waals surface area contributed by atoms with E-state index in [0.29, 0.717) is 29.2 Å². The zero-order chi connectivity index (χ0) is 21.4. The minimum Gasteiger partial charge on any atom is -0.493 e. The van der Waals surface area contributed by atoms with E-state index in [1.54, 1.807) is 50.6 Å². The van der Waals surface area contributed by atoms with Crippen molar-refractivity contribution in [3.8, 4) is 11.5 Å². The molecule has 2 aromatic carbocycles. The summed E-state index contributed by atoms with van der Waals surface area (Å²) in [6.45, 7) is 6.46. The molecule has 0 heterocycles. The van der Waals surface area contributed by atoms with Gasteiger partial charge in [0.05, 0.1) is 14.2 Å². The van der Waals surface area contributed by atoms with Crippen molar-refractivity contribution in [2.75, 3.05) is 20.8 Å². The SMILES string of the molecule is COc1ccc(/C=C(\NC(=O)c2ccc(C)cc2)C(=O)NCC(C)C)cc1OC. The van der Waals surface area contributed by atoms with Gasteiger partial charge in [-0.25, -0.2) is 0 Å². The third kappa shape index (κ3) is 6.38. The Labute approximate surface area is 171 Å². The quantitative estimate of drug-likeness (QED) is 0.669. The van der Waals surface area contributed by atoms with Crippen LogP contribution in [0.3, 0.4) is 0 Å². The lowest BCUT2D eigenvalue weighted by molar-refractivity contribution is -0.117. The van der Waals surface area contributed by atoms with Gasteiger partial charge in [0.2, 0.25) is 0 Å². The summed E-state index contributed by atoms with van der Waals surface area (Å²) in [6, 6.07) is 12.4. The molecule has 0 fully saturated rings. The molecular formula is C23H28N2O4. The van der Waals surface area contributed by atoms with Crippen molar-refractivity contribution in [2.45, 2.75) is 20.8 Å². The highest BCUT2D eigenvalue weighted by molar-refractivity contribution is 6.05. The fourth-order valence-corrected chi connectivity index (χ4v) is 2.56. The topological polar surface area (TPSA) is 76.7 Å². The van der Waals surface area contributed by atoms with E-state index in [2.05, 4.69) is 10.6 Å². The predicted molar refractivity (Wildman–Crippen MR) is 114 cm³/mol. The van der Waals surface area contributed by atoms with Crippen molar-refractivity contribution < 1.29 is 19.1 Å². The van der Waals surface area contributed by atoms with E-state index in [-0.39, 0.29) is 23.4 Å². The number of hydrogen-bond donors (Lipinski definition) is 2. The Balaban J connectivity index is 2.33. The van der Waals surface area contributed by atoms with Gasteiger partial charge < -0.3 is 20.1 Å². The zero-order valence-electron chi connectivity index (χ0n) is 17.5. The van der Waals surface area contributed by atoms with Crippen LogP contribution in [0.5, 0.6) is 11.5 Å². The third-order valence-electron chi connectivity index (χ3n) is 4.20. The van der Waals surface area contributed by atoms with Crippen LogP contribution in [0.15, 0.2) is 48.2 Å².